The number of furan rings is 1. The zero-order valence-electron chi connectivity index (χ0n) is 12.8. The van der Waals surface area contributed by atoms with E-state index < -0.39 is 11.8 Å². The average molecular weight is 298 g/mol. The predicted molar refractivity (Wildman–Crippen MR) is 84.0 cm³/mol. The minimum atomic E-state index is -0.410. The van der Waals surface area contributed by atoms with Gasteiger partial charge in [-0.3, -0.25) is 20.4 Å². The molecule has 2 aromatic rings. The van der Waals surface area contributed by atoms with E-state index in [2.05, 4.69) is 10.9 Å². The van der Waals surface area contributed by atoms with Gasteiger partial charge in [-0.2, -0.15) is 0 Å². The summed E-state index contributed by atoms with van der Waals surface area (Å²) in [5, 5.41) is 0. The minimum absolute atomic E-state index is 0.403. The monoisotopic (exact) mass is 298 g/mol. The average Bonchev–Trinajstić information content (AvgIpc) is 2.82. The van der Waals surface area contributed by atoms with Gasteiger partial charge in [-0.25, -0.2) is 0 Å². The second-order valence-corrected chi connectivity index (χ2v) is 4.96. The number of benzene rings is 1. The summed E-state index contributed by atoms with van der Waals surface area (Å²) < 4.78 is 5.27. The molecule has 5 heteroatoms. The third kappa shape index (κ3) is 3.85. The van der Waals surface area contributed by atoms with Crippen molar-refractivity contribution in [3.63, 3.8) is 0 Å². The lowest BCUT2D eigenvalue weighted by atomic mass is 10.1. The molecule has 1 aromatic heterocycles. The molecule has 0 saturated heterocycles. The van der Waals surface area contributed by atoms with E-state index in [1.165, 1.54) is 6.08 Å². The van der Waals surface area contributed by atoms with Crippen LogP contribution in [0.4, 0.5) is 0 Å². The van der Waals surface area contributed by atoms with Gasteiger partial charge in [0.1, 0.15) is 11.5 Å². The lowest BCUT2D eigenvalue weighted by molar-refractivity contribution is -0.117. The number of hydrogen-bond acceptors (Lipinski definition) is 3. The van der Waals surface area contributed by atoms with Crippen molar-refractivity contribution in [2.75, 3.05) is 0 Å². The van der Waals surface area contributed by atoms with E-state index in [4.69, 9.17) is 4.42 Å². The quantitative estimate of drug-likeness (QED) is 0.676. The van der Waals surface area contributed by atoms with Crippen molar-refractivity contribution in [2.24, 2.45) is 0 Å². The molecule has 1 heterocycles. The molecule has 22 heavy (non-hydrogen) atoms. The Bertz CT molecular complexity index is 729. The first kappa shape index (κ1) is 15.6. The van der Waals surface area contributed by atoms with Gasteiger partial charge in [0.15, 0.2) is 0 Å². The molecule has 0 fully saturated rings. The van der Waals surface area contributed by atoms with Gasteiger partial charge >= 0.3 is 0 Å². The largest absolute Gasteiger partial charge is 0.466 e. The van der Waals surface area contributed by atoms with Crippen molar-refractivity contribution < 1.29 is 14.0 Å². The second kappa shape index (κ2) is 6.76. The van der Waals surface area contributed by atoms with Crippen molar-refractivity contribution >= 4 is 17.9 Å². The molecule has 2 rings (SSSR count). The molecular formula is C17H18N2O3. The van der Waals surface area contributed by atoms with E-state index in [-0.39, 0.29) is 0 Å². The third-order valence-electron chi connectivity index (χ3n) is 3.19. The number of carbonyl (C=O) groups excluding carboxylic acids is 2. The van der Waals surface area contributed by atoms with E-state index in [1.807, 2.05) is 31.2 Å². The van der Waals surface area contributed by atoms with Crippen LogP contribution >= 0.6 is 0 Å². The molecule has 0 aliphatic rings. The summed E-state index contributed by atoms with van der Waals surface area (Å²) in [4.78, 5) is 23.6. The third-order valence-corrected chi connectivity index (χ3v) is 3.19. The normalized spacial score (nSPS) is 10.7. The highest BCUT2D eigenvalue weighted by Crippen LogP contribution is 2.13. The Hall–Kier alpha value is -2.82. The summed E-state index contributed by atoms with van der Waals surface area (Å²) in [6.45, 7) is 5.42. The number of aryl methyl sites for hydroxylation is 3. The molecular weight excluding hydrogens is 280 g/mol. The van der Waals surface area contributed by atoms with Crippen LogP contribution in [0, 0.1) is 20.8 Å². The molecule has 0 aliphatic carbocycles. The first-order valence-electron chi connectivity index (χ1n) is 6.88. The SMILES string of the molecule is Cc1cc(C(=O)NNC(=O)/C=C/c2ccccc2C)c(C)o1. The topological polar surface area (TPSA) is 71.3 Å². The summed E-state index contributed by atoms with van der Waals surface area (Å²) in [7, 11) is 0. The van der Waals surface area contributed by atoms with Crippen molar-refractivity contribution in [2.45, 2.75) is 20.8 Å². The summed E-state index contributed by atoms with van der Waals surface area (Å²) in [6, 6.07) is 9.33. The highest BCUT2D eigenvalue weighted by molar-refractivity contribution is 5.98. The standard InChI is InChI=1S/C17H18N2O3/c1-11-6-4-5-7-14(11)8-9-16(20)18-19-17(21)15-10-12(2)22-13(15)3/h4-10H,1-3H3,(H,18,20)(H,19,21)/b9-8+. The van der Waals surface area contributed by atoms with Crippen LogP contribution in [0.1, 0.15) is 33.0 Å². The van der Waals surface area contributed by atoms with Crippen LogP contribution in [-0.2, 0) is 4.79 Å². The second-order valence-electron chi connectivity index (χ2n) is 4.96. The van der Waals surface area contributed by atoms with Gasteiger partial charge in [-0.15, -0.1) is 0 Å². The molecule has 5 nitrogen and oxygen atoms in total. The van der Waals surface area contributed by atoms with Crippen LogP contribution in [-0.4, -0.2) is 11.8 Å². The fraction of sp³-hybridized carbons (Fsp3) is 0.176. The van der Waals surface area contributed by atoms with Crippen LogP contribution in [0.3, 0.4) is 0 Å². The molecule has 114 valence electrons. The van der Waals surface area contributed by atoms with Crippen molar-refractivity contribution in [3.05, 3.63) is 64.6 Å². The summed E-state index contributed by atoms with van der Waals surface area (Å²) >= 11 is 0. The van der Waals surface area contributed by atoms with Crippen LogP contribution in [0.25, 0.3) is 6.08 Å². The zero-order chi connectivity index (χ0) is 16.1. The molecule has 1 aromatic carbocycles. The predicted octanol–water partition coefficient (Wildman–Crippen LogP) is 2.68. The molecule has 0 unspecified atom stereocenters. The summed E-state index contributed by atoms with van der Waals surface area (Å²) in [5.41, 5.74) is 7.12. The van der Waals surface area contributed by atoms with Gasteiger partial charge < -0.3 is 4.42 Å². The van der Waals surface area contributed by atoms with E-state index in [0.717, 1.165) is 11.1 Å². The van der Waals surface area contributed by atoms with Crippen LogP contribution in [0.2, 0.25) is 0 Å². The Kier molecular flexibility index (Phi) is 4.78. The number of hydrazine groups is 1. The van der Waals surface area contributed by atoms with E-state index in [1.54, 1.807) is 26.0 Å². The maximum absolute atomic E-state index is 11.9. The molecule has 0 spiro atoms. The number of nitrogens with one attached hydrogen (secondary N) is 2. The zero-order valence-corrected chi connectivity index (χ0v) is 12.8. The number of rotatable bonds is 3. The maximum atomic E-state index is 11.9. The fourth-order valence-electron chi connectivity index (χ4n) is 2.02. The van der Waals surface area contributed by atoms with Gasteiger partial charge in [0.05, 0.1) is 5.56 Å². The first-order chi connectivity index (χ1) is 10.5. The first-order valence-corrected chi connectivity index (χ1v) is 6.88. The van der Waals surface area contributed by atoms with Crippen LogP contribution in [0.15, 0.2) is 40.8 Å². The Morgan fingerprint density at radius 1 is 1.09 bits per heavy atom. The number of carbonyl (C=O) groups is 2. The van der Waals surface area contributed by atoms with E-state index >= 15 is 0 Å². The smallest absolute Gasteiger partial charge is 0.273 e. The van der Waals surface area contributed by atoms with Gasteiger partial charge in [0, 0.05) is 6.08 Å². The maximum Gasteiger partial charge on any atom is 0.273 e. The Morgan fingerprint density at radius 2 is 1.82 bits per heavy atom. The molecule has 0 saturated carbocycles. The highest BCUT2D eigenvalue weighted by Gasteiger charge is 2.13. The lowest BCUT2D eigenvalue weighted by Crippen LogP contribution is -2.40. The van der Waals surface area contributed by atoms with Crippen LogP contribution in [0.5, 0.6) is 0 Å². The van der Waals surface area contributed by atoms with Crippen LogP contribution < -0.4 is 10.9 Å². The summed E-state index contributed by atoms with van der Waals surface area (Å²) in [5.74, 6) is 0.342. The fourth-order valence-corrected chi connectivity index (χ4v) is 2.02. The minimum Gasteiger partial charge on any atom is -0.466 e. The van der Waals surface area contributed by atoms with Gasteiger partial charge in [0.2, 0.25) is 0 Å². The van der Waals surface area contributed by atoms with E-state index in [0.29, 0.717) is 17.1 Å². The molecule has 0 radical (unpaired) electrons. The van der Waals surface area contributed by atoms with Gasteiger partial charge in [-0.05, 0) is 44.0 Å². The Morgan fingerprint density at radius 3 is 2.45 bits per heavy atom. The highest BCUT2D eigenvalue weighted by atomic mass is 16.3. The molecule has 2 amide bonds. The van der Waals surface area contributed by atoms with Crippen molar-refractivity contribution in [3.8, 4) is 0 Å². The lowest BCUT2D eigenvalue weighted by Gasteiger charge is -2.04. The molecule has 0 aliphatic heterocycles. The number of hydrogen-bond donors (Lipinski definition) is 2. The Balaban J connectivity index is 1.92. The van der Waals surface area contributed by atoms with Crippen molar-refractivity contribution in [1.82, 2.24) is 10.9 Å². The van der Waals surface area contributed by atoms with E-state index in [9.17, 15) is 9.59 Å². The Labute approximate surface area is 129 Å². The van der Waals surface area contributed by atoms with Gasteiger partial charge in [-0.1, -0.05) is 24.3 Å². The molecule has 2 N–H and O–H groups in total. The molecule has 0 atom stereocenters. The number of amides is 2. The summed E-state index contributed by atoms with van der Waals surface area (Å²) in [6.07, 6.45) is 3.07. The molecule has 0 bridgehead atoms. The van der Waals surface area contributed by atoms with Crippen molar-refractivity contribution in [1.29, 1.82) is 0 Å². The van der Waals surface area contributed by atoms with Gasteiger partial charge in [0.25, 0.3) is 11.8 Å².